The molecule has 0 aromatic heterocycles. The molecular formula is C21H30BrClN2O2. The Labute approximate surface area is 176 Å². The minimum absolute atomic E-state index is 0.101. The first-order valence-electron chi connectivity index (χ1n) is 9.56. The lowest BCUT2D eigenvalue weighted by molar-refractivity contribution is 0.287. The van der Waals surface area contributed by atoms with E-state index in [1.807, 2.05) is 12.1 Å². The maximum absolute atomic E-state index is 6.44. The molecule has 0 saturated carbocycles. The molecule has 6 heteroatoms. The second-order valence-corrected chi connectivity index (χ2v) is 8.68. The number of ether oxygens (including phenoxy) is 2. The normalized spacial score (nSPS) is 22.4. The third kappa shape index (κ3) is 5.26. The Morgan fingerprint density at radius 2 is 1.96 bits per heavy atom. The Morgan fingerprint density at radius 1 is 1.22 bits per heavy atom. The van der Waals surface area contributed by atoms with Gasteiger partial charge in [0.25, 0.3) is 0 Å². The molecule has 0 amide bonds. The van der Waals surface area contributed by atoms with Gasteiger partial charge in [-0.3, -0.25) is 0 Å². The van der Waals surface area contributed by atoms with Crippen LogP contribution in [0.5, 0.6) is 0 Å². The van der Waals surface area contributed by atoms with Crippen molar-refractivity contribution in [3.63, 3.8) is 0 Å². The number of halogens is 2. The second kappa shape index (κ2) is 9.92. The molecule has 1 aromatic rings. The summed E-state index contributed by atoms with van der Waals surface area (Å²) in [5.41, 5.74) is 0.601. The number of hydrogen-bond acceptors (Lipinski definition) is 4. The molecule has 1 aromatic carbocycles. The van der Waals surface area contributed by atoms with Gasteiger partial charge in [0.2, 0.25) is 11.8 Å². The highest BCUT2D eigenvalue weighted by Gasteiger charge is 2.42. The lowest BCUT2D eigenvalue weighted by Gasteiger charge is -2.36. The average Bonchev–Trinajstić information content (AvgIpc) is 2.65. The van der Waals surface area contributed by atoms with Crippen molar-refractivity contribution in [1.82, 2.24) is 0 Å². The number of benzene rings is 1. The number of methoxy groups -OCH3 is 2. The monoisotopic (exact) mass is 456 g/mol. The van der Waals surface area contributed by atoms with E-state index >= 15 is 0 Å². The maximum Gasteiger partial charge on any atom is 0.212 e. The van der Waals surface area contributed by atoms with Crippen LogP contribution in [0, 0.1) is 5.92 Å². The van der Waals surface area contributed by atoms with Gasteiger partial charge in [-0.2, -0.15) is 0 Å². The number of unbranched alkanes of at least 4 members (excludes halogenated alkanes) is 1. The first-order valence-corrected chi connectivity index (χ1v) is 10.7. The highest BCUT2D eigenvalue weighted by atomic mass is 79.9. The average molecular weight is 458 g/mol. The molecule has 27 heavy (non-hydrogen) atoms. The van der Waals surface area contributed by atoms with Crippen LogP contribution in [0.25, 0.3) is 0 Å². The van der Waals surface area contributed by atoms with E-state index in [9.17, 15) is 0 Å². The van der Waals surface area contributed by atoms with E-state index in [1.54, 1.807) is 14.2 Å². The second-order valence-electron chi connectivity index (χ2n) is 7.35. The molecule has 1 aliphatic heterocycles. The van der Waals surface area contributed by atoms with Crippen LogP contribution in [0.2, 0.25) is 5.02 Å². The molecule has 2 atom stereocenters. The van der Waals surface area contributed by atoms with Crippen LogP contribution in [0.4, 0.5) is 0 Å². The van der Waals surface area contributed by atoms with Crippen LogP contribution in [-0.2, 0) is 15.9 Å². The Balaban J connectivity index is 2.38. The smallest absolute Gasteiger partial charge is 0.212 e. The highest BCUT2D eigenvalue weighted by molar-refractivity contribution is 9.10. The molecule has 1 heterocycles. The number of nitrogens with zero attached hydrogens (tertiary/aromatic N) is 2. The van der Waals surface area contributed by atoms with Crippen molar-refractivity contribution in [1.29, 1.82) is 0 Å². The molecule has 0 fully saturated rings. The van der Waals surface area contributed by atoms with Crippen molar-refractivity contribution < 1.29 is 9.47 Å². The summed E-state index contributed by atoms with van der Waals surface area (Å²) in [5.74, 6) is 1.70. The summed E-state index contributed by atoms with van der Waals surface area (Å²) in [6.45, 7) is 6.43. The minimum Gasteiger partial charge on any atom is -0.483 e. The van der Waals surface area contributed by atoms with Gasteiger partial charge < -0.3 is 9.47 Å². The van der Waals surface area contributed by atoms with Crippen LogP contribution >= 0.6 is 27.5 Å². The Kier molecular flexibility index (Phi) is 8.17. The SMILES string of the molecule is CCCC[C@@]1(CCc2ccc(Br)cc2Cl)N=C(OC)[C@@H](C(C)C)N=C1OC. The summed E-state index contributed by atoms with van der Waals surface area (Å²) >= 11 is 9.90. The van der Waals surface area contributed by atoms with E-state index in [4.69, 9.17) is 31.1 Å². The molecule has 0 aliphatic carbocycles. The highest BCUT2D eigenvalue weighted by Crippen LogP contribution is 2.34. The summed E-state index contributed by atoms with van der Waals surface area (Å²) in [4.78, 5) is 9.98. The molecule has 2 rings (SSSR count). The molecule has 0 spiro atoms. The molecule has 150 valence electrons. The Morgan fingerprint density at radius 3 is 2.52 bits per heavy atom. The van der Waals surface area contributed by atoms with E-state index in [0.29, 0.717) is 17.7 Å². The van der Waals surface area contributed by atoms with Gasteiger partial charge in [0.1, 0.15) is 11.6 Å². The lowest BCUT2D eigenvalue weighted by atomic mass is 9.84. The fourth-order valence-electron chi connectivity index (χ4n) is 3.46. The summed E-state index contributed by atoms with van der Waals surface area (Å²) in [6, 6.07) is 5.91. The molecular weight excluding hydrogens is 428 g/mol. The first kappa shape index (κ1) is 22.2. The van der Waals surface area contributed by atoms with Crippen LogP contribution < -0.4 is 0 Å². The number of rotatable bonds is 7. The molecule has 4 nitrogen and oxygen atoms in total. The predicted octanol–water partition coefficient (Wildman–Crippen LogP) is 6.09. The maximum atomic E-state index is 6.44. The van der Waals surface area contributed by atoms with Gasteiger partial charge in [-0.25, -0.2) is 9.98 Å². The van der Waals surface area contributed by atoms with E-state index in [2.05, 4.69) is 42.8 Å². The van der Waals surface area contributed by atoms with Crippen LogP contribution in [0.15, 0.2) is 32.7 Å². The van der Waals surface area contributed by atoms with Gasteiger partial charge in [0.15, 0.2) is 0 Å². The molecule has 0 saturated heterocycles. The first-order chi connectivity index (χ1) is 12.9. The summed E-state index contributed by atoms with van der Waals surface area (Å²) in [5, 5.41) is 0.762. The standard InChI is InChI=1S/C21H30BrClN2O2/c1-6-7-11-21(12-10-15-8-9-16(22)13-17(15)23)20(27-5)24-18(14(2)3)19(25-21)26-4/h8-9,13-14,18H,6-7,10-12H2,1-5H3/t18-,21+/m1/s1. The van der Waals surface area contributed by atoms with Crippen molar-refractivity contribution in [2.75, 3.05) is 14.2 Å². The fraction of sp³-hybridized carbons (Fsp3) is 0.619. The number of aliphatic imine (C=N–C) groups is 2. The van der Waals surface area contributed by atoms with Gasteiger partial charge in [0, 0.05) is 9.50 Å². The van der Waals surface area contributed by atoms with Crippen LogP contribution in [0.3, 0.4) is 0 Å². The topological polar surface area (TPSA) is 43.2 Å². The zero-order valence-corrected chi connectivity index (χ0v) is 19.2. The summed E-state index contributed by atoms with van der Waals surface area (Å²) < 4.78 is 12.4. The van der Waals surface area contributed by atoms with Crippen LogP contribution in [-0.4, -0.2) is 37.6 Å². The van der Waals surface area contributed by atoms with Gasteiger partial charge in [-0.05, 0) is 42.9 Å². The van der Waals surface area contributed by atoms with Crippen molar-refractivity contribution in [2.24, 2.45) is 15.9 Å². The lowest BCUT2D eigenvalue weighted by Crippen LogP contribution is -2.47. The molecule has 0 unspecified atom stereocenters. The molecule has 0 radical (unpaired) electrons. The predicted molar refractivity (Wildman–Crippen MR) is 117 cm³/mol. The van der Waals surface area contributed by atoms with Crippen molar-refractivity contribution in [3.05, 3.63) is 33.3 Å². The van der Waals surface area contributed by atoms with E-state index in [0.717, 1.165) is 47.2 Å². The summed E-state index contributed by atoms with van der Waals surface area (Å²) in [6.07, 6.45) is 4.58. The van der Waals surface area contributed by atoms with Crippen molar-refractivity contribution in [2.45, 2.75) is 64.5 Å². The van der Waals surface area contributed by atoms with E-state index < -0.39 is 5.54 Å². The van der Waals surface area contributed by atoms with Crippen molar-refractivity contribution in [3.8, 4) is 0 Å². The quantitative estimate of drug-likeness (QED) is 0.497. The fourth-order valence-corrected chi connectivity index (χ4v) is 4.22. The number of hydrogen-bond donors (Lipinski definition) is 0. The van der Waals surface area contributed by atoms with Crippen LogP contribution in [0.1, 0.15) is 52.0 Å². The Bertz CT molecular complexity index is 705. The van der Waals surface area contributed by atoms with E-state index in [-0.39, 0.29) is 6.04 Å². The zero-order chi connectivity index (χ0) is 20.0. The summed E-state index contributed by atoms with van der Waals surface area (Å²) in [7, 11) is 3.37. The minimum atomic E-state index is -0.502. The molecule has 0 N–H and O–H groups in total. The molecule has 0 bridgehead atoms. The number of aryl methyl sites for hydroxylation is 1. The van der Waals surface area contributed by atoms with Gasteiger partial charge in [-0.1, -0.05) is 67.2 Å². The molecule has 1 aliphatic rings. The zero-order valence-electron chi connectivity index (χ0n) is 16.9. The third-order valence-electron chi connectivity index (χ3n) is 5.03. The largest absolute Gasteiger partial charge is 0.483 e. The van der Waals surface area contributed by atoms with Gasteiger partial charge in [-0.15, -0.1) is 0 Å². The van der Waals surface area contributed by atoms with E-state index in [1.165, 1.54) is 0 Å². The van der Waals surface area contributed by atoms with Gasteiger partial charge >= 0.3 is 0 Å². The third-order valence-corrected chi connectivity index (χ3v) is 5.88. The van der Waals surface area contributed by atoms with Crippen molar-refractivity contribution >= 4 is 39.3 Å². The van der Waals surface area contributed by atoms with Gasteiger partial charge in [0.05, 0.1) is 14.2 Å². The Hall–Kier alpha value is -1.07.